The Hall–Kier alpha value is -2.44. The maximum atomic E-state index is 10.9. The predicted octanol–water partition coefficient (Wildman–Crippen LogP) is 3.33. The van der Waals surface area contributed by atoms with E-state index in [-0.39, 0.29) is 11.7 Å². The summed E-state index contributed by atoms with van der Waals surface area (Å²) in [6.07, 6.45) is -0.813. The van der Waals surface area contributed by atoms with Crippen molar-refractivity contribution in [3.63, 3.8) is 0 Å². The first-order chi connectivity index (χ1) is 11.4. The number of benzene rings is 2. The lowest BCUT2D eigenvalue weighted by Crippen LogP contribution is -2.28. The molecule has 0 bridgehead atoms. The van der Waals surface area contributed by atoms with Crippen LogP contribution in [0, 0.1) is 10.1 Å². The molecule has 2 aromatic rings. The fraction of sp³-hybridized carbons (Fsp3) is 0.333. The molecule has 0 saturated heterocycles. The molecule has 2 atom stereocenters. The second-order valence-electron chi connectivity index (χ2n) is 5.73. The number of nitro groups is 1. The van der Waals surface area contributed by atoms with E-state index in [0.717, 1.165) is 11.3 Å². The topological polar surface area (TPSA) is 75.8 Å². The molecule has 2 aromatic carbocycles. The maximum Gasteiger partial charge on any atom is 0.269 e. The molecule has 0 heterocycles. The van der Waals surface area contributed by atoms with E-state index in [1.54, 1.807) is 19.2 Å². The van der Waals surface area contributed by atoms with Crippen LogP contribution in [0.3, 0.4) is 0 Å². The summed E-state index contributed by atoms with van der Waals surface area (Å²) >= 11 is 0. The van der Waals surface area contributed by atoms with Gasteiger partial charge < -0.3 is 9.84 Å². The Morgan fingerprint density at radius 2 is 1.96 bits per heavy atom. The van der Waals surface area contributed by atoms with E-state index in [2.05, 4.69) is 0 Å². The zero-order chi connectivity index (χ0) is 17.7. The van der Waals surface area contributed by atoms with Crippen LogP contribution >= 0.6 is 0 Å². The minimum atomic E-state index is -0.813. The van der Waals surface area contributed by atoms with Crippen molar-refractivity contribution in [2.75, 3.05) is 20.7 Å². The molecule has 1 N–H and O–H groups in total. The first kappa shape index (κ1) is 17.9. The van der Waals surface area contributed by atoms with Gasteiger partial charge in [0.15, 0.2) is 0 Å². The molecule has 24 heavy (non-hydrogen) atoms. The quantitative estimate of drug-likeness (QED) is 0.622. The first-order valence-electron chi connectivity index (χ1n) is 7.69. The van der Waals surface area contributed by atoms with Crippen molar-refractivity contribution in [3.05, 3.63) is 69.8 Å². The maximum absolute atomic E-state index is 10.9. The number of methoxy groups -OCH3 is 1. The van der Waals surface area contributed by atoms with Gasteiger partial charge in [-0.15, -0.1) is 0 Å². The second-order valence-corrected chi connectivity index (χ2v) is 5.73. The van der Waals surface area contributed by atoms with Crippen LogP contribution in [0.2, 0.25) is 0 Å². The van der Waals surface area contributed by atoms with Crippen molar-refractivity contribution in [1.82, 2.24) is 4.90 Å². The van der Waals surface area contributed by atoms with Gasteiger partial charge in [-0.05, 0) is 25.6 Å². The normalized spacial score (nSPS) is 13.5. The van der Waals surface area contributed by atoms with E-state index in [1.165, 1.54) is 12.1 Å². The lowest BCUT2D eigenvalue weighted by Gasteiger charge is -2.28. The summed E-state index contributed by atoms with van der Waals surface area (Å²) in [5, 5.41) is 21.3. The number of nitro benzene ring substituents is 1. The van der Waals surface area contributed by atoms with E-state index >= 15 is 0 Å². The number of aliphatic hydroxyl groups is 1. The SMILES string of the molecule is COc1ccccc1[C@@H](C)N(C)C[C@H](O)c1cccc([N+](=O)[O-])c1. The van der Waals surface area contributed by atoms with Gasteiger partial charge in [-0.25, -0.2) is 0 Å². The number of nitrogens with zero attached hydrogens (tertiary/aromatic N) is 2. The van der Waals surface area contributed by atoms with Crippen molar-refractivity contribution in [1.29, 1.82) is 0 Å². The number of rotatable bonds is 7. The fourth-order valence-corrected chi connectivity index (χ4v) is 2.63. The molecule has 0 amide bonds. The zero-order valence-corrected chi connectivity index (χ0v) is 14.0. The molecule has 6 nitrogen and oxygen atoms in total. The smallest absolute Gasteiger partial charge is 0.269 e. The van der Waals surface area contributed by atoms with Crippen LogP contribution in [0.25, 0.3) is 0 Å². The number of hydrogen-bond acceptors (Lipinski definition) is 5. The molecule has 0 saturated carbocycles. The molecule has 0 fully saturated rings. The molecule has 0 aliphatic heterocycles. The molecule has 2 rings (SSSR count). The summed E-state index contributed by atoms with van der Waals surface area (Å²) in [7, 11) is 3.53. The Labute approximate surface area is 141 Å². The van der Waals surface area contributed by atoms with Crippen LogP contribution in [0.5, 0.6) is 5.75 Å². The number of non-ortho nitro benzene ring substituents is 1. The van der Waals surface area contributed by atoms with Gasteiger partial charge in [-0.3, -0.25) is 15.0 Å². The highest BCUT2D eigenvalue weighted by Crippen LogP contribution is 2.29. The van der Waals surface area contributed by atoms with E-state index < -0.39 is 11.0 Å². The number of hydrogen-bond donors (Lipinski definition) is 1. The molecule has 0 aliphatic carbocycles. The van der Waals surface area contributed by atoms with Crippen molar-refractivity contribution in [2.45, 2.75) is 19.1 Å². The molecule has 128 valence electrons. The van der Waals surface area contributed by atoms with Crippen molar-refractivity contribution < 1.29 is 14.8 Å². The average Bonchev–Trinajstić information content (AvgIpc) is 2.60. The molecular formula is C18H22N2O4. The molecule has 0 spiro atoms. The minimum Gasteiger partial charge on any atom is -0.496 e. The number of ether oxygens (including phenoxy) is 1. The van der Waals surface area contributed by atoms with Crippen LogP contribution in [0.1, 0.15) is 30.2 Å². The van der Waals surface area contributed by atoms with E-state index in [9.17, 15) is 15.2 Å². The van der Waals surface area contributed by atoms with E-state index in [4.69, 9.17) is 4.74 Å². The van der Waals surface area contributed by atoms with Gasteiger partial charge in [0.1, 0.15) is 5.75 Å². The average molecular weight is 330 g/mol. The molecule has 6 heteroatoms. The molecule has 0 aliphatic rings. The van der Waals surface area contributed by atoms with Gasteiger partial charge >= 0.3 is 0 Å². The number of para-hydroxylation sites is 1. The van der Waals surface area contributed by atoms with Gasteiger partial charge in [0, 0.05) is 30.3 Å². The van der Waals surface area contributed by atoms with Crippen LogP contribution in [-0.4, -0.2) is 35.6 Å². The summed E-state index contributed by atoms with van der Waals surface area (Å²) in [6, 6.07) is 13.9. The van der Waals surface area contributed by atoms with Gasteiger partial charge in [0.05, 0.1) is 18.1 Å². The van der Waals surface area contributed by atoms with Gasteiger partial charge in [-0.2, -0.15) is 0 Å². The third-order valence-corrected chi connectivity index (χ3v) is 4.18. The highest BCUT2D eigenvalue weighted by atomic mass is 16.6. The monoisotopic (exact) mass is 330 g/mol. The summed E-state index contributed by atoms with van der Waals surface area (Å²) in [5.74, 6) is 0.793. The highest BCUT2D eigenvalue weighted by Gasteiger charge is 2.20. The third-order valence-electron chi connectivity index (χ3n) is 4.18. The summed E-state index contributed by atoms with van der Waals surface area (Å²) in [5.41, 5.74) is 1.53. The third kappa shape index (κ3) is 4.10. The largest absolute Gasteiger partial charge is 0.496 e. The molecule has 0 unspecified atom stereocenters. The lowest BCUT2D eigenvalue weighted by atomic mass is 10.0. The molecule has 0 aromatic heterocycles. The number of aliphatic hydroxyl groups excluding tert-OH is 1. The Morgan fingerprint density at radius 1 is 1.25 bits per heavy atom. The minimum absolute atomic E-state index is 0.0213. The molecule has 0 radical (unpaired) electrons. The lowest BCUT2D eigenvalue weighted by molar-refractivity contribution is -0.385. The van der Waals surface area contributed by atoms with Crippen LogP contribution in [0.4, 0.5) is 5.69 Å². The second kappa shape index (κ2) is 7.90. The summed E-state index contributed by atoms with van der Waals surface area (Å²) in [6.45, 7) is 2.37. The van der Waals surface area contributed by atoms with E-state index in [1.807, 2.05) is 43.1 Å². The van der Waals surface area contributed by atoms with Crippen molar-refractivity contribution in [2.24, 2.45) is 0 Å². The van der Waals surface area contributed by atoms with Crippen LogP contribution < -0.4 is 4.74 Å². The fourth-order valence-electron chi connectivity index (χ4n) is 2.63. The standard InChI is InChI=1S/C18H22N2O4/c1-13(16-9-4-5-10-18(16)24-3)19(2)12-17(21)14-7-6-8-15(11-14)20(22)23/h4-11,13,17,21H,12H2,1-3H3/t13-,17+/m1/s1. The van der Waals surface area contributed by atoms with Gasteiger partial charge in [0.2, 0.25) is 0 Å². The summed E-state index contributed by atoms with van der Waals surface area (Å²) < 4.78 is 5.38. The van der Waals surface area contributed by atoms with Crippen LogP contribution in [0.15, 0.2) is 48.5 Å². The summed E-state index contributed by atoms with van der Waals surface area (Å²) in [4.78, 5) is 12.4. The Balaban J connectivity index is 2.12. The number of likely N-dealkylation sites (N-methyl/N-ethyl adjacent to an activating group) is 1. The Kier molecular flexibility index (Phi) is 5.89. The van der Waals surface area contributed by atoms with Gasteiger partial charge in [-0.1, -0.05) is 30.3 Å². The van der Waals surface area contributed by atoms with Crippen LogP contribution in [-0.2, 0) is 0 Å². The molecular weight excluding hydrogens is 308 g/mol. The van der Waals surface area contributed by atoms with Crippen molar-refractivity contribution in [3.8, 4) is 5.75 Å². The van der Waals surface area contributed by atoms with Gasteiger partial charge in [0.25, 0.3) is 5.69 Å². The predicted molar refractivity (Wildman–Crippen MR) is 92.1 cm³/mol. The Bertz CT molecular complexity index is 705. The Morgan fingerprint density at radius 3 is 2.62 bits per heavy atom. The zero-order valence-electron chi connectivity index (χ0n) is 14.0. The van der Waals surface area contributed by atoms with Crippen molar-refractivity contribution >= 4 is 5.69 Å². The highest BCUT2D eigenvalue weighted by molar-refractivity contribution is 5.36. The van der Waals surface area contributed by atoms with E-state index in [0.29, 0.717) is 12.1 Å². The first-order valence-corrected chi connectivity index (χ1v) is 7.69.